The van der Waals surface area contributed by atoms with Gasteiger partial charge in [-0.3, -0.25) is 4.79 Å². The van der Waals surface area contributed by atoms with Crippen LogP contribution in [0.2, 0.25) is 0 Å². The highest BCUT2D eigenvalue weighted by molar-refractivity contribution is 5.87. The molecule has 0 unspecified atom stereocenters. The summed E-state index contributed by atoms with van der Waals surface area (Å²) in [5.41, 5.74) is 0.298. The van der Waals surface area contributed by atoms with Crippen molar-refractivity contribution in [2.45, 2.75) is 44.7 Å². The molecule has 0 spiro atoms. The minimum atomic E-state index is -1.56. The molecule has 1 N–H and O–H groups in total. The molecule has 0 bridgehead atoms. The second kappa shape index (κ2) is 8.21. The Labute approximate surface area is 149 Å². The van der Waals surface area contributed by atoms with Crippen LogP contribution < -0.4 is 0 Å². The summed E-state index contributed by atoms with van der Waals surface area (Å²) in [6.45, 7) is 5.20. The van der Waals surface area contributed by atoms with Crippen LogP contribution in [0, 0.1) is 17.5 Å². The highest BCUT2D eigenvalue weighted by Crippen LogP contribution is 2.38. The predicted octanol–water partition coefficient (Wildman–Crippen LogP) is 4.13. The quantitative estimate of drug-likeness (QED) is 0.467. The molecule has 2 rings (SSSR count). The minimum absolute atomic E-state index is 0.00152. The van der Waals surface area contributed by atoms with E-state index in [0.29, 0.717) is 12.8 Å². The number of halogens is 3. The molecule has 0 saturated carbocycles. The molecule has 1 saturated heterocycles. The van der Waals surface area contributed by atoms with E-state index < -0.39 is 35.5 Å². The average Bonchev–Trinajstić information content (AvgIpc) is 3.00. The lowest BCUT2D eigenvalue weighted by Gasteiger charge is -2.29. The fourth-order valence-electron chi connectivity index (χ4n) is 3.26. The molecular formula is C19H20F3NO3. The molecule has 0 aromatic heterocycles. The molecule has 1 aromatic rings. The molecule has 0 aliphatic carbocycles. The van der Waals surface area contributed by atoms with Crippen molar-refractivity contribution in [1.29, 1.82) is 0 Å². The van der Waals surface area contributed by atoms with Crippen LogP contribution in [0.15, 0.2) is 36.4 Å². The van der Waals surface area contributed by atoms with Gasteiger partial charge in [0.05, 0.1) is 12.1 Å². The summed E-state index contributed by atoms with van der Waals surface area (Å²) in [4.78, 5) is 25.2. The van der Waals surface area contributed by atoms with Crippen molar-refractivity contribution in [1.82, 2.24) is 4.90 Å². The van der Waals surface area contributed by atoms with Crippen LogP contribution in [0.3, 0.4) is 0 Å². The third kappa shape index (κ3) is 3.98. The number of carbonyl (C=O) groups is 2. The largest absolute Gasteiger partial charge is 0.478 e. The Hall–Kier alpha value is -2.57. The molecule has 7 heteroatoms. The maximum Gasteiger partial charge on any atom is 0.331 e. The first-order valence-corrected chi connectivity index (χ1v) is 8.30. The number of likely N-dealkylation sites (tertiary alicyclic amines) is 1. The number of carbonyl (C=O) groups excluding carboxylic acids is 1. The van der Waals surface area contributed by atoms with Crippen LogP contribution in [0.4, 0.5) is 13.2 Å². The normalized spacial score (nSPS) is 20.3. The first-order chi connectivity index (χ1) is 12.3. The first kappa shape index (κ1) is 19.8. The number of carboxylic acid groups (broad SMARTS) is 1. The van der Waals surface area contributed by atoms with Crippen molar-refractivity contribution < 1.29 is 27.9 Å². The minimum Gasteiger partial charge on any atom is -0.478 e. The molecule has 140 valence electrons. The molecule has 0 radical (unpaired) electrons. The van der Waals surface area contributed by atoms with Crippen LogP contribution in [0.1, 0.15) is 44.2 Å². The number of hydrogen-bond donors (Lipinski definition) is 1. The van der Waals surface area contributed by atoms with Gasteiger partial charge in [0.2, 0.25) is 5.91 Å². The van der Waals surface area contributed by atoms with Gasteiger partial charge >= 0.3 is 5.97 Å². The average molecular weight is 367 g/mol. The maximum absolute atomic E-state index is 13.6. The number of nitrogens with zero attached hydrogens (tertiary/aromatic N) is 1. The van der Waals surface area contributed by atoms with E-state index in [9.17, 15) is 27.9 Å². The van der Waals surface area contributed by atoms with E-state index >= 15 is 0 Å². The highest BCUT2D eigenvalue weighted by Gasteiger charge is 2.37. The van der Waals surface area contributed by atoms with Crippen LogP contribution in [-0.2, 0) is 9.59 Å². The summed E-state index contributed by atoms with van der Waals surface area (Å²) >= 11 is 0. The van der Waals surface area contributed by atoms with Gasteiger partial charge in [-0.05, 0) is 37.0 Å². The highest BCUT2D eigenvalue weighted by atomic mass is 19.2. The molecule has 2 atom stereocenters. The van der Waals surface area contributed by atoms with Crippen molar-refractivity contribution in [2.24, 2.45) is 0 Å². The molecule has 1 heterocycles. The monoisotopic (exact) mass is 367 g/mol. The van der Waals surface area contributed by atoms with Gasteiger partial charge < -0.3 is 10.0 Å². The van der Waals surface area contributed by atoms with Crippen molar-refractivity contribution >= 4 is 11.9 Å². The van der Waals surface area contributed by atoms with E-state index in [4.69, 9.17) is 0 Å². The Morgan fingerprint density at radius 2 is 1.88 bits per heavy atom. The van der Waals surface area contributed by atoms with E-state index in [-0.39, 0.29) is 29.9 Å². The summed E-state index contributed by atoms with van der Waals surface area (Å²) < 4.78 is 40.5. The third-order valence-electron chi connectivity index (χ3n) is 4.48. The molecule has 1 amide bonds. The van der Waals surface area contributed by atoms with Gasteiger partial charge in [-0.15, -0.1) is 6.58 Å². The van der Waals surface area contributed by atoms with Gasteiger partial charge in [0.1, 0.15) is 0 Å². The van der Waals surface area contributed by atoms with Crippen LogP contribution in [-0.4, -0.2) is 27.9 Å². The van der Waals surface area contributed by atoms with Crippen molar-refractivity contribution in [2.75, 3.05) is 0 Å². The topological polar surface area (TPSA) is 57.6 Å². The molecule has 26 heavy (non-hydrogen) atoms. The third-order valence-corrected chi connectivity index (χ3v) is 4.48. The zero-order valence-electron chi connectivity index (χ0n) is 14.3. The Bertz CT molecular complexity index is 737. The van der Waals surface area contributed by atoms with Crippen LogP contribution in [0.25, 0.3) is 0 Å². The van der Waals surface area contributed by atoms with Crippen molar-refractivity contribution in [3.8, 4) is 0 Å². The lowest BCUT2D eigenvalue weighted by atomic mass is 10.0. The van der Waals surface area contributed by atoms with E-state index in [1.165, 1.54) is 17.1 Å². The molecule has 1 fully saturated rings. The summed E-state index contributed by atoms with van der Waals surface area (Å²) in [5.74, 6) is -5.63. The van der Waals surface area contributed by atoms with Gasteiger partial charge in [-0.1, -0.05) is 19.1 Å². The summed E-state index contributed by atoms with van der Waals surface area (Å²) in [5, 5.41) is 9.22. The second-order valence-electron chi connectivity index (χ2n) is 6.10. The van der Waals surface area contributed by atoms with E-state index in [2.05, 4.69) is 6.58 Å². The fourth-order valence-corrected chi connectivity index (χ4v) is 3.26. The summed E-state index contributed by atoms with van der Waals surface area (Å²) in [7, 11) is 0. The van der Waals surface area contributed by atoms with Crippen LogP contribution >= 0.6 is 0 Å². The molecular weight excluding hydrogens is 347 g/mol. The van der Waals surface area contributed by atoms with Gasteiger partial charge in [-0.2, -0.15) is 0 Å². The Morgan fingerprint density at radius 1 is 1.27 bits per heavy atom. The van der Waals surface area contributed by atoms with Crippen LogP contribution in [0.5, 0.6) is 0 Å². The maximum atomic E-state index is 13.6. The molecule has 1 aliphatic heterocycles. The predicted molar refractivity (Wildman–Crippen MR) is 89.7 cm³/mol. The number of benzene rings is 1. The Kier molecular flexibility index (Phi) is 6.23. The summed E-state index contributed by atoms with van der Waals surface area (Å²) in [6.07, 6.45) is 4.00. The first-order valence-electron chi connectivity index (χ1n) is 8.30. The standard InChI is InChI=1S/C19H20F3NO3/c1-3-5-17(24)23-13(8-11(4-2)19(25)26)6-7-16(23)12-9-14(20)18(22)15(21)10-12/h3,8-10,13,16H,1,4-7H2,2H3,(H,25,26)/b11-8+/t13-,16+/m1/s1. The second-order valence-corrected chi connectivity index (χ2v) is 6.10. The Morgan fingerprint density at radius 3 is 2.38 bits per heavy atom. The molecule has 1 aliphatic rings. The van der Waals surface area contributed by atoms with Gasteiger partial charge in [-0.25, -0.2) is 18.0 Å². The lowest BCUT2D eigenvalue weighted by Crippen LogP contribution is -2.36. The Balaban J connectivity index is 2.45. The van der Waals surface area contributed by atoms with Gasteiger partial charge in [0.25, 0.3) is 0 Å². The summed E-state index contributed by atoms with van der Waals surface area (Å²) in [6, 6.07) is 0.567. The zero-order valence-corrected chi connectivity index (χ0v) is 14.3. The number of aliphatic carboxylic acids is 1. The number of carboxylic acids is 1. The number of amides is 1. The SMILES string of the molecule is C=CCC(=O)N1[C@@H](/C=C(\CC)C(=O)O)CC[C@H]1c1cc(F)c(F)c(F)c1. The van der Waals surface area contributed by atoms with E-state index in [0.717, 1.165) is 12.1 Å². The fraction of sp³-hybridized carbons (Fsp3) is 0.368. The molecule has 4 nitrogen and oxygen atoms in total. The van der Waals surface area contributed by atoms with Gasteiger partial charge in [0, 0.05) is 12.0 Å². The lowest BCUT2D eigenvalue weighted by molar-refractivity contribution is -0.134. The molecule has 1 aromatic carbocycles. The number of hydrogen-bond acceptors (Lipinski definition) is 2. The van der Waals surface area contributed by atoms with Gasteiger partial charge in [0.15, 0.2) is 17.5 Å². The van der Waals surface area contributed by atoms with E-state index in [1.807, 2.05) is 0 Å². The van der Waals surface area contributed by atoms with E-state index in [1.54, 1.807) is 6.92 Å². The smallest absolute Gasteiger partial charge is 0.331 e. The zero-order chi connectivity index (χ0) is 19.4. The van der Waals surface area contributed by atoms with Crippen molar-refractivity contribution in [3.63, 3.8) is 0 Å². The number of rotatable bonds is 6. The van der Waals surface area contributed by atoms with Crippen molar-refractivity contribution in [3.05, 3.63) is 59.5 Å².